The second kappa shape index (κ2) is 9.46. The van der Waals surface area contributed by atoms with Crippen LogP contribution in [0.15, 0.2) is 57.1 Å². The van der Waals surface area contributed by atoms with Gasteiger partial charge in [-0.3, -0.25) is 14.2 Å². The van der Waals surface area contributed by atoms with Gasteiger partial charge in [-0.05, 0) is 55.8 Å². The van der Waals surface area contributed by atoms with Gasteiger partial charge in [0.05, 0.1) is 18.6 Å². The van der Waals surface area contributed by atoms with E-state index in [2.05, 4.69) is 41.4 Å². The summed E-state index contributed by atoms with van der Waals surface area (Å²) in [4.78, 5) is 33.1. The minimum absolute atomic E-state index is 0.0100. The zero-order valence-corrected chi connectivity index (χ0v) is 20.2. The number of furan rings is 1. The quantitative estimate of drug-likeness (QED) is 0.450. The van der Waals surface area contributed by atoms with Crippen LogP contribution in [0.5, 0.6) is 0 Å². The van der Waals surface area contributed by atoms with Crippen molar-refractivity contribution in [1.29, 1.82) is 0 Å². The number of nitrogens with one attached hydrogen (secondary N) is 1. The number of nitrogens with zero attached hydrogens (tertiary/aromatic N) is 3. The summed E-state index contributed by atoms with van der Waals surface area (Å²) in [5.41, 5.74) is 2.97. The number of fused-ring (bicyclic) bond motifs is 1. The normalized spacial score (nSPS) is 14.6. The molecule has 1 amide bonds. The molecule has 34 heavy (non-hydrogen) atoms. The van der Waals surface area contributed by atoms with E-state index in [1.165, 1.54) is 16.9 Å². The first-order valence-corrected chi connectivity index (χ1v) is 12.5. The van der Waals surface area contributed by atoms with Gasteiger partial charge in [0.25, 0.3) is 5.56 Å². The Balaban J connectivity index is 1.32. The van der Waals surface area contributed by atoms with E-state index in [1.807, 2.05) is 30.5 Å². The molecule has 8 heteroatoms. The SMILES string of the molecule is Cc1ccc(Cn2c(N3CCC(C(=O)NCc4ccc(C)o4)CC3)nc3ccsc3c2=O)cc1. The van der Waals surface area contributed by atoms with Gasteiger partial charge in [-0.15, -0.1) is 11.3 Å². The molecule has 1 aliphatic heterocycles. The first kappa shape index (κ1) is 22.4. The maximum atomic E-state index is 13.4. The van der Waals surface area contributed by atoms with Gasteiger partial charge in [0.15, 0.2) is 0 Å². The molecular weight excluding hydrogens is 448 g/mol. The molecule has 0 spiro atoms. The molecule has 176 valence electrons. The Bertz CT molecular complexity index is 1360. The lowest BCUT2D eigenvalue weighted by molar-refractivity contribution is -0.125. The summed E-state index contributed by atoms with van der Waals surface area (Å²) < 4.78 is 8.00. The molecule has 0 saturated carbocycles. The van der Waals surface area contributed by atoms with Crippen LogP contribution in [0.2, 0.25) is 0 Å². The summed E-state index contributed by atoms with van der Waals surface area (Å²) >= 11 is 1.43. The Morgan fingerprint density at radius 1 is 1.12 bits per heavy atom. The molecule has 3 aromatic heterocycles. The number of amides is 1. The van der Waals surface area contributed by atoms with E-state index in [0.29, 0.717) is 49.7 Å². The molecule has 0 bridgehead atoms. The Morgan fingerprint density at radius 3 is 2.59 bits per heavy atom. The molecule has 4 heterocycles. The van der Waals surface area contributed by atoms with Gasteiger partial charge in [-0.25, -0.2) is 4.98 Å². The fourth-order valence-electron chi connectivity index (χ4n) is 4.43. The summed E-state index contributed by atoms with van der Waals surface area (Å²) in [5.74, 6) is 2.27. The molecule has 1 fully saturated rings. The Labute approximate surface area is 202 Å². The zero-order chi connectivity index (χ0) is 23.7. The average Bonchev–Trinajstić information content (AvgIpc) is 3.49. The van der Waals surface area contributed by atoms with E-state index >= 15 is 0 Å². The summed E-state index contributed by atoms with van der Waals surface area (Å²) in [6.45, 7) is 6.16. The van der Waals surface area contributed by atoms with Crippen molar-refractivity contribution in [2.45, 2.75) is 39.8 Å². The van der Waals surface area contributed by atoms with Crippen LogP contribution in [-0.2, 0) is 17.9 Å². The van der Waals surface area contributed by atoms with Crippen molar-refractivity contribution in [2.24, 2.45) is 5.92 Å². The van der Waals surface area contributed by atoms with Crippen LogP contribution in [0.25, 0.3) is 10.2 Å². The number of carbonyl (C=O) groups excluding carboxylic acids is 1. The topological polar surface area (TPSA) is 80.4 Å². The van der Waals surface area contributed by atoms with Crippen molar-refractivity contribution in [2.75, 3.05) is 18.0 Å². The van der Waals surface area contributed by atoms with Gasteiger partial charge in [-0.1, -0.05) is 29.8 Å². The second-order valence-corrected chi connectivity index (χ2v) is 9.83. The van der Waals surface area contributed by atoms with Gasteiger partial charge in [0.1, 0.15) is 16.2 Å². The maximum absolute atomic E-state index is 13.4. The minimum Gasteiger partial charge on any atom is -0.465 e. The number of anilines is 1. The highest BCUT2D eigenvalue weighted by atomic mass is 32.1. The predicted octanol–water partition coefficient (Wildman–Crippen LogP) is 4.25. The molecule has 0 unspecified atom stereocenters. The third kappa shape index (κ3) is 4.63. The van der Waals surface area contributed by atoms with Crippen molar-refractivity contribution in [3.63, 3.8) is 0 Å². The number of rotatable bonds is 6. The number of carbonyl (C=O) groups is 1. The molecule has 1 aromatic carbocycles. The third-order valence-corrected chi connectivity index (χ3v) is 7.28. The molecule has 1 aliphatic rings. The second-order valence-electron chi connectivity index (χ2n) is 8.92. The largest absolute Gasteiger partial charge is 0.465 e. The molecule has 1 N–H and O–H groups in total. The zero-order valence-electron chi connectivity index (χ0n) is 19.4. The van der Waals surface area contributed by atoms with E-state index in [-0.39, 0.29) is 17.4 Å². The highest BCUT2D eigenvalue weighted by molar-refractivity contribution is 7.17. The maximum Gasteiger partial charge on any atom is 0.273 e. The first-order chi connectivity index (χ1) is 16.5. The first-order valence-electron chi connectivity index (χ1n) is 11.6. The Hall–Kier alpha value is -3.39. The number of aromatic nitrogens is 2. The van der Waals surface area contributed by atoms with Crippen molar-refractivity contribution >= 4 is 33.4 Å². The van der Waals surface area contributed by atoms with Crippen LogP contribution in [0.3, 0.4) is 0 Å². The van der Waals surface area contributed by atoms with Crippen LogP contribution in [-0.4, -0.2) is 28.5 Å². The van der Waals surface area contributed by atoms with Crippen LogP contribution >= 0.6 is 11.3 Å². The number of thiophene rings is 1. The number of benzene rings is 1. The fraction of sp³-hybridized carbons (Fsp3) is 0.346. The monoisotopic (exact) mass is 476 g/mol. The molecular formula is C26H28N4O3S. The van der Waals surface area contributed by atoms with Crippen molar-refractivity contribution in [3.05, 3.63) is 80.8 Å². The van der Waals surface area contributed by atoms with Crippen LogP contribution in [0.1, 0.15) is 35.5 Å². The lowest BCUT2D eigenvalue weighted by Gasteiger charge is -2.33. The van der Waals surface area contributed by atoms with E-state index in [9.17, 15) is 9.59 Å². The summed E-state index contributed by atoms with van der Waals surface area (Å²) in [5, 5.41) is 4.91. The molecule has 7 nitrogen and oxygen atoms in total. The number of hydrogen-bond donors (Lipinski definition) is 1. The van der Waals surface area contributed by atoms with Crippen LogP contribution in [0, 0.1) is 19.8 Å². The van der Waals surface area contributed by atoms with Crippen LogP contribution in [0.4, 0.5) is 5.95 Å². The van der Waals surface area contributed by atoms with Crippen molar-refractivity contribution in [3.8, 4) is 0 Å². The van der Waals surface area contributed by atoms with E-state index in [1.54, 1.807) is 4.57 Å². The summed E-state index contributed by atoms with van der Waals surface area (Å²) in [6, 6.07) is 13.9. The highest BCUT2D eigenvalue weighted by Crippen LogP contribution is 2.25. The van der Waals surface area contributed by atoms with Gasteiger partial charge in [0, 0.05) is 19.0 Å². The van der Waals surface area contributed by atoms with E-state index < -0.39 is 0 Å². The van der Waals surface area contributed by atoms with Crippen molar-refractivity contribution < 1.29 is 9.21 Å². The molecule has 0 atom stereocenters. The Kier molecular flexibility index (Phi) is 6.24. The van der Waals surface area contributed by atoms with Gasteiger partial charge >= 0.3 is 0 Å². The van der Waals surface area contributed by atoms with Crippen molar-refractivity contribution in [1.82, 2.24) is 14.9 Å². The van der Waals surface area contributed by atoms with E-state index in [4.69, 9.17) is 9.40 Å². The summed E-state index contributed by atoms with van der Waals surface area (Å²) in [6.07, 6.45) is 1.43. The number of aryl methyl sites for hydroxylation is 2. The Morgan fingerprint density at radius 2 is 1.88 bits per heavy atom. The van der Waals surface area contributed by atoms with Gasteiger partial charge < -0.3 is 14.6 Å². The smallest absolute Gasteiger partial charge is 0.273 e. The average molecular weight is 477 g/mol. The molecule has 4 aromatic rings. The third-order valence-electron chi connectivity index (χ3n) is 6.39. The molecule has 0 radical (unpaired) electrons. The van der Waals surface area contributed by atoms with Gasteiger partial charge in [0.2, 0.25) is 11.9 Å². The summed E-state index contributed by atoms with van der Waals surface area (Å²) in [7, 11) is 0. The predicted molar refractivity (Wildman–Crippen MR) is 134 cm³/mol. The van der Waals surface area contributed by atoms with E-state index in [0.717, 1.165) is 22.6 Å². The van der Waals surface area contributed by atoms with Gasteiger partial charge in [-0.2, -0.15) is 0 Å². The fourth-order valence-corrected chi connectivity index (χ4v) is 5.21. The number of piperidine rings is 1. The lowest BCUT2D eigenvalue weighted by atomic mass is 9.96. The highest BCUT2D eigenvalue weighted by Gasteiger charge is 2.28. The molecule has 5 rings (SSSR count). The minimum atomic E-state index is -0.0607. The number of hydrogen-bond acceptors (Lipinski definition) is 6. The molecule has 1 saturated heterocycles. The van der Waals surface area contributed by atoms with Crippen LogP contribution < -0.4 is 15.8 Å². The lowest BCUT2D eigenvalue weighted by Crippen LogP contribution is -2.42. The molecule has 0 aliphatic carbocycles. The standard InChI is InChI=1S/C26H28N4O3S/c1-17-3-6-19(7-4-17)16-30-25(32)23-22(11-14-34-23)28-26(30)29-12-9-20(10-13-29)24(31)27-15-21-8-5-18(2)33-21/h3-8,11,14,20H,9-10,12-13,15-16H2,1-2H3,(H,27,31).